The average molecular weight is 266 g/mol. The van der Waals surface area contributed by atoms with Crippen molar-refractivity contribution in [3.63, 3.8) is 0 Å². The van der Waals surface area contributed by atoms with E-state index in [9.17, 15) is 9.59 Å². The summed E-state index contributed by atoms with van der Waals surface area (Å²) in [6, 6.07) is 7.22. The molecule has 0 unspecified atom stereocenters. The van der Waals surface area contributed by atoms with Gasteiger partial charge in [-0.25, -0.2) is 0 Å². The maximum Gasteiger partial charge on any atom is 0.316 e. The molecule has 0 atom stereocenters. The highest BCUT2D eigenvalue weighted by Gasteiger charge is 2.06. The molecule has 0 aliphatic heterocycles. The van der Waals surface area contributed by atoms with E-state index in [-0.39, 0.29) is 11.8 Å². The molecule has 1 aromatic rings. The van der Waals surface area contributed by atoms with Crippen LogP contribution in [0.25, 0.3) is 0 Å². The minimum Gasteiger partial charge on any atom is -0.465 e. The molecule has 0 heterocycles. The second kappa shape index (κ2) is 7.21. The summed E-state index contributed by atoms with van der Waals surface area (Å²) in [5.74, 6) is 0.493. The van der Waals surface area contributed by atoms with Gasteiger partial charge in [-0.05, 0) is 25.0 Å². The number of hydrogen-bond acceptors (Lipinski definition) is 4. The van der Waals surface area contributed by atoms with Crippen molar-refractivity contribution >= 4 is 23.5 Å². The summed E-state index contributed by atoms with van der Waals surface area (Å²) in [5, 5.41) is 0. The molecule has 0 fully saturated rings. The third-order valence-corrected chi connectivity index (χ3v) is 3.18. The number of Topliss-reactive ketones (excluding diaryl/α,β-unsaturated/α-hetero) is 1. The van der Waals surface area contributed by atoms with Gasteiger partial charge < -0.3 is 4.74 Å². The molecule has 0 bridgehead atoms. The minimum atomic E-state index is -0.204. The van der Waals surface area contributed by atoms with Crippen molar-refractivity contribution in [3.8, 4) is 0 Å². The van der Waals surface area contributed by atoms with Gasteiger partial charge in [0, 0.05) is 10.5 Å². The Morgan fingerprint density at radius 1 is 1.22 bits per heavy atom. The molecule has 0 saturated carbocycles. The second-order valence-corrected chi connectivity index (χ2v) is 5.49. The van der Waals surface area contributed by atoms with E-state index in [1.165, 1.54) is 18.7 Å². The molecule has 1 aromatic carbocycles. The number of hydrogen-bond donors (Lipinski definition) is 0. The normalized spacial score (nSPS) is 10.4. The van der Waals surface area contributed by atoms with Crippen LogP contribution >= 0.6 is 11.8 Å². The van der Waals surface area contributed by atoms with Crippen LogP contribution in [0, 0.1) is 5.92 Å². The Labute approximate surface area is 112 Å². The molecule has 1 rings (SSSR count). The van der Waals surface area contributed by atoms with Crippen LogP contribution in [0.2, 0.25) is 0 Å². The first-order valence-electron chi connectivity index (χ1n) is 5.88. The van der Waals surface area contributed by atoms with Crippen molar-refractivity contribution in [3.05, 3.63) is 29.8 Å². The first kappa shape index (κ1) is 14.8. The summed E-state index contributed by atoms with van der Waals surface area (Å²) in [6.07, 6.45) is 0. The number of thioether (sulfide) groups is 1. The zero-order valence-corrected chi connectivity index (χ0v) is 11.8. The molecular weight excluding hydrogens is 248 g/mol. The molecule has 0 aromatic heterocycles. The van der Waals surface area contributed by atoms with Gasteiger partial charge in [-0.15, -0.1) is 11.8 Å². The average Bonchev–Trinajstić information content (AvgIpc) is 2.34. The SMILES string of the molecule is CC(=O)c1ccc(SCC(=O)OCC(C)C)cc1. The van der Waals surface area contributed by atoms with Gasteiger partial charge in [0.25, 0.3) is 0 Å². The Bertz CT molecular complexity index is 410. The molecule has 4 heteroatoms. The van der Waals surface area contributed by atoms with Crippen LogP contribution in [-0.4, -0.2) is 24.1 Å². The van der Waals surface area contributed by atoms with E-state index in [0.29, 0.717) is 23.8 Å². The highest BCUT2D eigenvalue weighted by molar-refractivity contribution is 8.00. The standard InChI is InChI=1S/C14H18O3S/c1-10(2)8-17-14(16)9-18-13-6-4-12(5-7-13)11(3)15/h4-7,10H,8-9H2,1-3H3. The summed E-state index contributed by atoms with van der Waals surface area (Å²) >= 11 is 1.41. The van der Waals surface area contributed by atoms with Gasteiger partial charge in [-0.1, -0.05) is 26.0 Å². The predicted molar refractivity (Wildman–Crippen MR) is 73.0 cm³/mol. The summed E-state index contributed by atoms with van der Waals surface area (Å²) in [5.41, 5.74) is 0.682. The number of benzene rings is 1. The first-order valence-corrected chi connectivity index (χ1v) is 6.87. The van der Waals surface area contributed by atoms with Crippen LogP contribution in [0.4, 0.5) is 0 Å². The van der Waals surface area contributed by atoms with Crippen LogP contribution < -0.4 is 0 Å². The van der Waals surface area contributed by atoms with Crippen molar-refractivity contribution in [1.82, 2.24) is 0 Å². The summed E-state index contributed by atoms with van der Waals surface area (Å²) < 4.78 is 5.07. The fourth-order valence-electron chi connectivity index (χ4n) is 1.23. The van der Waals surface area contributed by atoms with E-state index < -0.39 is 0 Å². The number of ether oxygens (including phenoxy) is 1. The number of carbonyl (C=O) groups excluding carboxylic acids is 2. The lowest BCUT2D eigenvalue weighted by Crippen LogP contribution is -2.11. The van der Waals surface area contributed by atoms with Crippen molar-refractivity contribution < 1.29 is 14.3 Å². The fourth-order valence-corrected chi connectivity index (χ4v) is 1.93. The molecule has 3 nitrogen and oxygen atoms in total. The third kappa shape index (κ3) is 5.36. The van der Waals surface area contributed by atoms with Crippen LogP contribution in [0.15, 0.2) is 29.2 Å². The highest BCUT2D eigenvalue weighted by atomic mass is 32.2. The van der Waals surface area contributed by atoms with E-state index in [0.717, 1.165) is 4.90 Å². The largest absolute Gasteiger partial charge is 0.465 e. The molecule has 0 N–H and O–H groups in total. The zero-order chi connectivity index (χ0) is 13.5. The van der Waals surface area contributed by atoms with Gasteiger partial charge in [-0.2, -0.15) is 0 Å². The predicted octanol–water partition coefficient (Wildman–Crippen LogP) is 3.18. The van der Waals surface area contributed by atoms with Crippen molar-refractivity contribution in [2.75, 3.05) is 12.4 Å². The Morgan fingerprint density at radius 3 is 2.33 bits per heavy atom. The van der Waals surface area contributed by atoms with Gasteiger partial charge in [0.1, 0.15) is 0 Å². The second-order valence-electron chi connectivity index (χ2n) is 4.45. The fraction of sp³-hybridized carbons (Fsp3) is 0.429. The number of ketones is 1. The zero-order valence-electron chi connectivity index (χ0n) is 10.9. The van der Waals surface area contributed by atoms with Gasteiger partial charge in [-0.3, -0.25) is 9.59 Å². The molecule has 98 valence electrons. The lowest BCUT2D eigenvalue weighted by molar-refractivity contribution is -0.141. The van der Waals surface area contributed by atoms with Crippen LogP contribution in [-0.2, 0) is 9.53 Å². The molecule has 0 aliphatic carbocycles. The maximum absolute atomic E-state index is 11.4. The Balaban J connectivity index is 2.39. The molecule has 0 saturated heterocycles. The summed E-state index contributed by atoms with van der Waals surface area (Å²) in [6.45, 7) is 6.00. The van der Waals surface area contributed by atoms with E-state index in [1.807, 2.05) is 26.0 Å². The smallest absolute Gasteiger partial charge is 0.316 e. The van der Waals surface area contributed by atoms with Crippen LogP contribution in [0.3, 0.4) is 0 Å². The molecule has 0 amide bonds. The minimum absolute atomic E-state index is 0.0443. The number of carbonyl (C=O) groups is 2. The molecule has 0 spiro atoms. The van der Waals surface area contributed by atoms with Crippen molar-refractivity contribution in [1.29, 1.82) is 0 Å². The topological polar surface area (TPSA) is 43.4 Å². The quantitative estimate of drug-likeness (QED) is 0.450. The third-order valence-electron chi connectivity index (χ3n) is 2.20. The number of rotatable bonds is 6. The van der Waals surface area contributed by atoms with Crippen molar-refractivity contribution in [2.45, 2.75) is 25.7 Å². The summed E-state index contributed by atoms with van der Waals surface area (Å²) in [7, 11) is 0. The molecular formula is C14H18O3S. The lowest BCUT2D eigenvalue weighted by Gasteiger charge is -2.07. The van der Waals surface area contributed by atoms with Crippen LogP contribution in [0.5, 0.6) is 0 Å². The molecule has 0 radical (unpaired) electrons. The Morgan fingerprint density at radius 2 is 1.83 bits per heavy atom. The van der Waals surface area contributed by atoms with E-state index in [4.69, 9.17) is 4.74 Å². The Hall–Kier alpha value is -1.29. The lowest BCUT2D eigenvalue weighted by atomic mass is 10.2. The van der Waals surface area contributed by atoms with E-state index in [1.54, 1.807) is 12.1 Å². The number of esters is 1. The summed E-state index contributed by atoms with van der Waals surface area (Å²) in [4.78, 5) is 23.4. The van der Waals surface area contributed by atoms with Crippen LogP contribution in [0.1, 0.15) is 31.1 Å². The maximum atomic E-state index is 11.4. The van der Waals surface area contributed by atoms with Crippen molar-refractivity contribution in [2.24, 2.45) is 5.92 Å². The van der Waals surface area contributed by atoms with E-state index in [2.05, 4.69) is 0 Å². The Kier molecular flexibility index (Phi) is 5.92. The first-order chi connectivity index (χ1) is 8.49. The van der Waals surface area contributed by atoms with Gasteiger partial charge in [0.2, 0.25) is 0 Å². The van der Waals surface area contributed by atoms with E-state index >= 15 is 0 Å². The monoisotopic (exact) mass is 266 g/mol. The van der Waals surface area contributed by atoms with Gasteiger partial charge in [0.05, 0.1) is 12.4 Å². The molecule has 0 aliphatic rings. The van der Waals surface area contributed by atoms with Gasteiger partial charge >= 0.3 is 5.97 Å². The van der Waals surface area contributed by atoms with Gasteiger partial charge in [0.15, 0.2) is 5.78 Å². The highest BCUT2D eigenvalue weighted by Crippen LogP contribution is 2.18. The molecule has 18 heavy (non-hydrogen) atoms.